The fraction of sp³-hybridized carbons (Fsp3) is 0.375. The Morgan fingerprint density at radius 3 is 2.75 bits per heavy atom. The molecule has 0 bridgehead atoms. The first kappa shape index (κ1) is 22.2. The average Bonchev–Trinajstić information content (AvgIpc) is 3.13. The first-order valence-electron chi connectivity index (χ1n) is 10.8. The lowest BCUT2D eigenvalue weighted by Crippen LogP contribution is -2.34. The largest absolute Gasteiger partial charge is 0.486 e. The molecule has 8 heteroatoms. The third-order valence-electron chi connectivity index (χ3n) is 5.82. The predicted molar refractivity (Wildman–Crippen MR) is 126 cm³/mol. The van der Waals surface area contributed by atoms with E-state index in [4.69, 9.17) is 10.6 Å². The van der Waals surface area contributed by atoms with E-state index in [1.165, 1.54) is 27.6 Å². The second kappa shape index (κ2) is 9.65. The van der Waals surface area contributed by atoms with Crippen molar-refractivity contribution in [2.75, 3.05) is 18.6 Å². The third kappa shape index (κ3) is 4.91. The summed E-state index contributed by atoms with van der Waals surface area (Å²) in [6.07, 6.45) is 3.15. The number of aryl methyl sites for hydroxylation is 3. The van der Waals surface area contributed by atoms with Crippen molar-refractivity contribution < 1.29 is 9.53 Å². The fourth-order valence-electron chi connectivity index (χ4n) is 4.20. The van der Waals surface area contributed by atoms with Gasteiger partial charge in [0.05, 0.1) is 11.8 Å². The lowest BCUT2D eigenvalue weighted by molar-refractivity contribution is -0.129. The monoisotopic (exact) mass is 451 g/mol. The van der Waals surface area contributed by atoms with E-state index in [2.05, 4.69) is 34.5 Å². The number of thioether (sulfide) groups is 1. The molecule has 0 spiro atoms. The number of nitrogens with zero attached hydrogens (tertiary/aromatic N) is 4. The molecule has 2 N–H and O–H groups in total. The Labute approximate surface area is 192 Å². The van der Waals surface area contributed by atoms with Crippen LogP contribution in [0.25, 0.3) is 0 Å². The minimum atomic E-state index is 0.0488. The van der Waals surface area contributed by atoms with Gasteiger partial charge in [-0.25, -0.2) is 4.68 Å². The highest BCUT2D eigenvalue weighted by atomic mass is 32.2. The molecule has 32 heavy (non-hydrogen) atoms. The number of carbonyl (C=O) groups is 1. The number of carbonyl (C=O) groups excluding carboxylic acids is 1. The van der Waals surface area contributed by atoms with Crippen LogP contribution in [-0.4, -0.2) is 38.5 Å². The number of nitrogen functional groups attached to an aromatic ring is 1. The number of aromatic nitrogens is 3. The van der Waals surface area contributed by atoms with Crippen molar-refractivity contribution in [3.63, 3.8) is 0 Å². The van der Waals surface area contributed by atoms with Gasteiger partial charge in [-0.1, -0.05) is 42.1 Å². The SMILES string of the molecule is Cc1cc(C)cc(OCc2nnc(SCC(=O)N(C)C3CCCc4ccccc43)n2N)c1. The molecule has 2 aromatic carbocycles. The van der Waals surface area contributed by atoms with Crippen LogP contribution in [0.4, 0.5) is 0 Å². The maximum Gasteiger partial charge on any atom is 0.233 e. The van der Waals surface area contributed by atoms with E-state index in [9.17, 15) is 4.79 Å². The van der Waals surface area contributed by atoms with Gasteiger partial charge >= 0.3 is 0 Å². The van der Waals surface area contributed by atoms with Crippen LogP contribution >= 0.6 is 11.8 Å². The van der Waals surface area contributed by atoms with Gasteiger partial charge in [-0.05, 0) is 67.5 Å². The number of rotatable bonds is 7. The fourth-order valence-corrected chi connectivity index (χ4v) is 5.00. The lowest BCUT2D eigenvalue weighted by atomic mass is 9.87. The van der Waals surface area contributed by atoms with Crippen LogP contribution in [0.15, 0.2) is 47.6 Å². The molecule has 0 aliphatic heterocycles. The molecule has 0 fully saturated rings. The molecular weight excluding hydrogens is 422 g/mol. The minimum Gasteiger partial charge on any atom is -0.486 e. The van der Waals surface area contributed by atoms with Crippen LogP contribution in [0.2, 0.25) is 0 Å². The molecule has 1 atom stereocenters. The van der Waals surface area contributed by atoms with Gasteiger partial charge in [0.2, 0.25) is 11.1 Å². The van der Waals surface area contributed by atoms with Crippen LogP contribution in [0, 0.1) is 13.8 Å². The number of fused-ring (bicyclic) bond motifs is 1. The zero-order valence-electron chi connectivity index (χ0n) is 18.7. The summed E-state index contributed by atoms with van der Waals surface area (Å²) in [6, 6.07) is 14.5. The molecule has 0 saturated heterocycles. The Morgan fingerprint density at radius 2 is 1.97 bits per heavy atom. The van der Waals surface area contributed by atoms with E-state index >= 15 is 0 Å². The molecule has 1 amide bonds. The molecule has 1 aliphatic rings. The van der Waals surface area contributed by atoms with Crippen LogP contribution in [0.5, 0.6) is 5.75 Å². The molecular formula is C24H29N5O2S. The zero-order chi connectivity index (χ0) is 22.7. The van der Waals surface area contributed by atoms with Crippen LogP contribution in [0.3, 0.4) is 0 Å². The molecule has 4 rings (SSSR count). The van der Waals surface area contributed by atoms with E-state index in [1.807, 2.05) is 44.0 Å². The van der Waals surface area contributed by atoms with Gasteiger partial charge in [-0.2, -0.15) is 0 Å². The summed E-state index contributed by atoms with van der Waals surface area (Å²) in [4.78, 5) is 14.8. The standard InChI is InChI=1S/C24H29N5O2S/c1-16-11-17(2)13-19(12-16)31-14-22-26-27-24(29(22)25)32-15-23(30)28(3)21-10-6-8-18-7-4-5-9-20(18)21/h4-5,7,9,11-13,21H,6,8,10,14-15,25H2,1-3H3. The quantitative estimate of drug-likeness (QED) is 0.434. The Bertz CT molecular complexity index is 1090. The minimum absolute atomic E-state index is 0.0488. The van der Waals surface area contributed by atoms with Gasteiger partial charge in [0, 0.05) is 7.05 Å². The Morgan fingerprint density at radius 1 is 1.22 bits per heavy atom. The molecule has 1 aliphatic carbocycles. The van der Waals surface area contributed by atoms with Gasteiger partial charge < -0.3 is 15.5 Å². The average molecular weight is 452 g/mol. The zero-order valence-corrected chi connectivity index (χ0v) is 19.6. The number of ether oxygens (including phenoxy) is 1. The van der Waals surface area contributed by atoms with E-state index in [0.717, 1.165) is 36.1 Å². The van der Waals surface area contributed by atoms with Gasteiger partial charge in [-0.15, -0.1) is 10.2 Å². The highest BCUT2D eigenvalue weighted by Crippen LogP contribution is 2.34. The highest BCUT2D eigenvalue weighted by molar-refractivity contribution is 7.99. The van der Waals surface area contributed by atoms with Crippen molar-refractivity contribution in [1.29, 1.82) is 0 Å². The summed E-state index contributed by atoms with van der Waals surface area (Å²) in [7, 11) is 1.88. The molecule has 1 unspecified atom stereocenters. The van der Waals surface area contributed by atoms with Gasteiger partial charge in [0.15, 0.2) is 5.82 Å². The summed E-state index contributed by atoms with van der Waals surface area (Å²) in [5.74, 6) is 7.74. The topological polar surface area (TPSA) is 86.3 Å². The third-order valence-corrected chi connectivity index (χ3v) is 6.75. The molecule has 0 saturated carbocycles. The number of nitrogens with two attached hydrogens (primary N) is 1. The van der Waals surface area contributed by atoms with Gasteiger partial charge in [0.25, 0.3) is 0 Å². The van der Waals surface area contributed by atoms with Crippen molar-refractivity contribution in [3.05, 3.63) is 70.5 Å². The van der Waals surface area contributed by atoms with Gasteiger partial charge in [0.1, 0.15) is 12.4 Å². The molecule has 1 heterocycles. The second-order valence-corrected chi connectivity index (χ2v) is 9.22. The highest BCUT2D eigenvalue weighted by Gasteiger charge is 2.26. The van der Waals surface area contributed by atoms with E-state index in [0.29, 0.717) is 11.0 Å². The summed E-state index contributed by atoms with van der Waals surface area (Å²) >= 11 is 1.29. The Hall–Kier alpha value is -3.00. The summed E-state index contributed by atoms with van der Waals surface area (Å²) in [6.45, 7) is 4.26. The van der Waals surface area contributed by atoms with Crippen molar-refractivity contribution >= 4 is 17.7 Å². The van der Waals surface area contributed by atoms with Crippen molar-refractivity contribution in [3.8, 4) is 5.75 Å². The van der Waals surface area contributed by atoms with E-state index in [-0.39, 0.29) is 24.3 Å². The molecule has 168 valence electrons. The number of amides is 1. The Kier molecular flexibility index (Phi) is 6.69. The maximum atomic E-state index is 12.9. The first-order valence-corrected chi connectivity index (χ1v) is 11.8. The maximum absolute atomic E-state index is 12.9. The summed E-state index contributed by atoms with van der Waals surface area (Å²) in [5.41, 5.74) is 4.86. The Balaban J connectivity index is 1.35. The molecule has 3 aromatic rings. The normalized spacial score (nSPS) is 15.3. The lowest BCUT2D eigenvalue weighted by Gasteiger charge is -2.33. The first-order chi connectivity index (χ1) is 15.4. The number of benzene rings is 2. The van der Waals surface area contributed by atoms with Crippen LogP contribution in [-0.2, 0) is 17.8 Å². The number of hydrogen-bond acceptors (Lipinski definition) is 6. The van der Waals surface area contributed by atoms with Crippen molar-refractivity contribution in [2.24, 2.45) is 0 Å². The van der Waals surface area contributed by atoms with Crippen LogP contribution in [0.1, 0.15) is 47.0 Å². The number of hydrogen-bond donors (Lipinski definition) is 1. The second-order valence-electron chi connectivity index (χ2n) is 8.28. The van der Waals surface area contributed by atoms with Crippen molar-refractivity contribution in [1.82, 2.24) is 19.8 Å². The van der Waals surface area contributed by atoms with Crippen molar-refractivity contribution in [2.45, 2.75) is 50.9 Å². The summed E-state index contributed by atoms with van der Waals surface area (Å²) < 4.78 is 7.24. The smallest absolute Gasteiger partial charge is 0.233 e. The van der Waals surface area contributed by atoms with E-state index < -0.39 is 0 Å². The predicted octanol–water partition coefficient (Wildman–Crippen LogP) is 3.82. The van der Waals surface area contributed by atoms with E-state index in [1.54, 1.807) is 0 Å². The molecule has 7 nitrogen and oxygen atoms in total. The summed E-state index contributed by atoms with van der Waals surface area (Å²) in [5, 5.41) is 8.77. The molecule has 0 radical (unpaired) electrons. The van der Waals surface area contributed by atoms with Gasteiger partial charge in [-0.3, -0.25) is 4.79 Å². The molecule has 1 aromatic heterocycles. The van der Waals surface area contributed by atoms with Crippen LogP contribution < -0.4 is 10.6 Å².